The van der Waals surface area contributed by atoms with Crippen LogP contribution in [0.25, 0.3) is 32.9 Å². The van der Waals surface area contributed by atoms with E-state index in [0.29, 0.717) is 82.8 Å². The highest BCUT2D eigenvalue weighted by molar-refractivity contribution is 6.90. The standard InChI is InChI=1S/C41H53F2N5O4Si/c1-26(2)53(27(3)4,28(5)6)20-14-32-35(42)13-12-29-21-31(52-25-49-8)22-33(36(29)32)38-37(43)39-34(23-44-38)40(48-16-10-18-50-19-17-48)46-41(45-39)51-24-30-11-9-15-47(30)7/h12-13,21-23,26-28,30H,9-11,15-19,24-25H2,1-8H3/t30-/m1/s1. The third kappa shape index (κ3) is 7.85. The number of rotatable bonds is 11. The molecule has 53 heavy (non-hydrogen) atoms. The molecule has 2 saturated heterocycles. The Bertz CT molecular complexity index is 1970. The molecule has 0 saturated carbocycles. The minimum Gasteiger partial charge on any atom is -0.468 e. The zero-order valence-electron chi connectivity index (χ0n) is 32.4. The van der Waals surface area contributed by atoms with Gasteiger partial charge in [0.1, 0.15) is 43.3 Å². The minimum atomic E-state index is -2.25. The van der Waals surface area contributed by atoms with Crippen molar-refractivity contribution in [1.82, 2.24) is 19.9 Å². The van der Waals surface area contributed by atoms with Crippen LogP contribution in [0.5, 0.6) is 11.8 Å². The predicted molar refractivity (Wildman–Crippen MR) is 209 cm³/mol. The van der Waals surface area contributed by atoms with Crippen molar-refractivity contribution in [3.63, 3.8) is 0 Å². The lowest BCUT2D eigenvalue weighted by Gasteiger charge is -2.38. The van der Waals surface area contributed by atoms with Gasteiger partial charge in [0.25, 0.3) is 0 Å². The number of nitrogens with zero attached hydrogens (tertiary/aromatic N) is 5. The summed E-state index contributed by atoms with van der Waals surface area (Å²) in [5.41, 5.74) is 5.35. The predicted octanol–water partition coefficient (Wildman–Crippen LogP) is 8.38. The number of hydrogen-bond donors (Lipinski definition) is 0. The van der Waals surface area contributed by atoms with Crippen LogP contribution < -0.4 is 14.4 Å². The molecule has 2 aromatic heterocycles. The number of hydrogen-bond acceptors (Lipinski definition) is 9. The van der Waals surface area contributed by atoms with Crippen LogP contribution >= 0.6 is 0 Å². The normalized spacial score (nSPS) is 17.2. The number of halogens is 2. The number of likely N-dealkylation sites (N-methyl/N-ethyl adjacent to an activating group) is 1. The molecule has 0 spiro atoms. The average Bonchev–Trinajstić information content (AvgIpc) is 3.35. The molecule has 12 heteroatoms. The number of anilines is 1. The summed E-state index contributed by atoms with van der Waals surface area (Å²) in [5.74, 6) is 3.17. The molecule has 4 heterocycles. The van der Waals surface area contributed by atoms with Crippen LogP contribution in [-0.2, 0) is 9.47 Å². The summed E-state index contributed by atoms with van der Waals surface area (Å²) in [6.07, 6.45) is 4.51. The SMILES string of the molecule is COCOc1cc(-c2ncc3c(N4CCCOCC4)nc(OC[C@H]4CCCN4C)nc3c2F)c2c(C#C[Si](C(C)C)(C(C)C)C(C)C)c(F)ccc2c1. The average molecular weight is 746 g/mol. The fourth-order valence-corrected chi connectivity index (χ4v) is 13.6. The van der Waals surface area contributed by atoms with Gasteiger partial charge in [0.2, 0.25) is 0 Å². The first-order chi connectivity index (χ1) is 25.5. The third-order valence-corrected chi connectivity index (χ3v) is 17.4. The van der Waals surface area contributed by atoms with Gasteiger partial charge in [-0.05, 0) is 73.1 Å². The van der Waals surface area contributed by atoms with E-state index in [4.69, 9.17) is 28.9 Å². The number of likely N-dealkylation sites (tertiary alicyclic amines) is 1. The molecule has 2 aliphatic rings. The molecule has 2 aromatic carbocycles. The van der Waals surface area contributed by atoms with Crippen LogP contribution in [0.3, 0.4) is 0 Å². The van der Waals surface area contributed by atoms with E-state index < -0.39 is 19.7 Å². The van der Waals surface area contributed by atoms with Crippen LogP contribution in [-0.4, -0.2) is 94.4 Å². The number of pyridine rings is 1. The fraction of sp³-hybridized carbons (Fsp3) is 0.537. The van der Waals surface area contributed by atoms with Gasteiger partial charge in [0.05, 0.1) is 17.6 Å². The van der Waals surface area contributed by atoms with Gasteiger partial charge in [0.15, 0.2) is 12.6 Å². The highest BCUT2D eigenvalue weighted by Crippen LogP contribution is 2.42. The topological polar surface area (TPSA) is 82.1 Å². The molecule has 6 rings (SSSR count). The van der Waals surface area contributed by atoms with E-state index >= 15 is 8.78 Å². The number of methoxy groups -OCH3 is 1. The lowest BCUT2D eigenvalue weighted by Crippen LogP contribution is -2.43. The maximum absolute atomic E-state index is 17.4. The number of ether oxygens (including phenoxy) is 4. The van der Waals surface area contributed by atoms with Crippen LogP contribution in [0.2, 0.25) is 16.6 Å². The van der Waals surface area contributed by atoms with Crippen LogP contribution in [0.1, 0.15) is 66.4 Å². The monoisotopic (exact) mass is 745 g/mol. The Balaban J connectivity index is 1.58. The quantitative estimate of drug-likeness (QED) is 0.0855. The number of benzene rings is 2. The Kier molecular flexibility index (Phi) is 12.2. The van der Waals surface area contributed by atoms with E-state index in [1.807, 2.05) is 0 Å². The third-order valence-electron chi connectivity index (χ3n) is 11.2. The molecule has 2 aliphatic heterocycles. The molecule has 0 unspecified atom stereocenters. The summed E-state index contributed by atoms with van der Waals surface area (Å²) < 4.78 is 56.5. The Morgan fingerprint density at radius 1 is 0.962 bits per heavy atom. The van der Waals surface area contributed by atoms with Gasteiger partial charge in [0, 0.05) is 50.0 Å². The van der Waals surface area contributed by atoms with E-state index in [0.717, 1.165) is 25.8 Å². The summed E-state index contributed by atoms with van der Waals surface area (Å²) in [4.78, 5) is 18.6. The van der Waals surface area contributed by atoms with Gasteiger partial charge in [-0.15, -0.1) is 5.54 Å². The van der Waals surface area contributed by atoms with Gasteiger partial charge in [-0.2, -0.15) is 9.97 Å². The molecule has 9 nitrogen and oxygen atoms in total. The highest BCUT2D eigenvalue weighted by atomic mass is 28.3. The van der Waals surface area contributed by atoms with Gasteiger partial charge in [-0.3, -0.25) is 4.98 Å². The fourth-order valence-electron chi connectivity index (χ4n) is 8.37. The number of fused-ring (bicyclic) bond motifs is 2. The van der Waals surface area contributed by atoms with E-state index in [9.17, 15) is 0 Å². The first kappa shape index (κ1) is 38.8. The second-order valence-corrected chi connectivity index (χ2v) is 20.8. The smallest absolute Gasteiger partial charge is 0.319 e. The molecule has 0 amide bonds. The highest BCUT2D eigenvalue weighted by Gasteiger charge is 2.42. The molecular weight excluding hydrogens is 693 g/mol. The van der Waals surface area contributed by atoms with E-state index in [1.165, 1.54) is 13.2 Å². The Morgan fingerprint density at radius 2 is 1.74 bits per heavy atom. The van der Waals surface area contributed by atoms with Crippen LogP contribution in [0.4, 0.5) is 14.6 Å². The molecule has 0 bridgehead atoms. The zero-order valence-corrected chi connectivity index (χ0v) is 33.4. The first-order valence-electron chi connectivity index (χ1n) is 18.9. The minimum absolute atomic E-state index is 0.00410. The van der Waals surface area contributed by atoms with Crippen molar-refractivity contribution < 1.29 is 27.7 Å². The molecule has 0 radical (unpaired) electrons. The summed E-state index contributed by atoms with van der Waals surface area (Å²) >= 11 is 0. The summed E-state index contributed by atoms with van der Waals surface area (Å²) in [6, 6.07) is 6.90. The molecule has 4 aromatic rings. The van der Waals surface area contributed by atoms with E-state index in [1.54, 1.807) is 24.4 Å². The molecule has 0 aliphatic carbocycles. The van der Waals surface area contributed by atoms with Crippen molar-refractivity contribution in [2.45, 2.75) is 83.5 Å². The maximum atomic E-state index is 17.4. The van der Waals surface area contributed by atoms with Gasteiger partial charge >= 0.3 is 6.01 Å². The summed E-state index contributed by atoms with van der Waals surface area (Å²) in [6.45, 7) is 17.1. The Hall–Kier alpha value is -3.89. The number of aromatic nitrogens is 3. The maximum Gasteiger partial charge on any atom is 0.319 e. The second-order valence-electron chi connectivity index (χ2n) is 15.2. The van der Waals surface area contributed by atoms with Gasteiger partial charge < -0.3 is 28.7 Å². The first-order valence-corrected chi connectivity index (χ1v) is 21.1. The van der Waals surface area contributed by atoms with Crippen molar-refractivity contribution in [2.75, 3.05) is 65.3 Å². The summed E-state index contributed by atoms with van der Waals surface area (Å²) in [5, 5.41) is 1.57. The molecular formula is C41H53F2N5O4Si. The van der Waals surface area contributed by atoms with Crippen molar-refractivity contribution >= 4 is 35.6 Å². The summed E-state index contributed by atoms with van der Waals surface area (Å²) in [7, 11) is 1.35. The second kappa shape index (κ2) is 16.6. The van der Waals surface area contributed by atoms with Crippen molar-refractivity contribution in [3.05, 3.63) is 47.7 Å². The van der Waals surface area contributed by atoms with Crippen molar-refractivity contribution in [2.24, 2.45) is 0 Å². The van der Waals surface area contributed by atoms with Crippen molar-refractivity contribution in [3.8, 4) is 34.5 Å². The van der Waals surface area contributed by atoms with E-state index in [2.05, 4.69) is 74.8 Å². The lowest BCUT2D eigenvalue weighted by molar-refractivity contribution is 0.0512. The Labute approximate surface area is 313 Å². The van der Waals surface area contributed by atoms with E-state index in [-0.39, 0.29) is 35.6 Å². The van der Waals surface area contributed by atoms with Crippen LogP contribution in [0, 0.1) is 23.1 Å². The van der Waals surface area contributed by atoms with Crippen molar-refractivity contribution in [1.29, 1.82) is 0 Å². The van der Waals surface area contributed by atoms with Crippen LogP contribution in [0.15, 0.2) is 30.5 Å². The Morgan fingerprint density at radius 3 is 2.43 bits per heavy atom. The van der Waals surface area contributed by atoms with Gasteiger partial charge in [-0.25, -0.2) is 8.78 Å². The molecule has 284 valence electrons. The molecule has 0 N–H and O–H groups in total. The zero-order chi connectivity index (χ0) is 37.9. The molecule has 1 atom stereocenters. The lowest BCUT2D eigenvalue weighted by atomic mass is 9.95. The van der Waals surface area contributed by atoms with Gasteiger partial charge in [-0.1, -0.05) is 53.5 Å². The largest absolute Gasteiger partial charge is 0.468 e. The molecule has 2 fully saturated rings.